The summed E-state index contributed by atoms with van der Waals surface area (Å²) in [4.78, 5) is 0. The van der Waals surface area contributed by atoms with Crippen LogP contribution in [0.25, 0.3) is 0 Å². The van der Waals surface area contributed by atoms with E-state index in [1.807, 2.05) is 12.1 Å². The maximum absolute atomic E-state index is 6.17. The Morgan fingerprint density at radius 3 is 2.79 bits per heavy atom. The third-order valence-corrected chi connectivity index (χ3v) is 3.24. The number of hydrogen-bond donors (Lipinski definition) is 1. The molecular formula is C12H16ClN. The summed E-state index contributed by atoms with van der Waals surface area (Å²) in [5.74, 6) is 0. The molecule has 1 aliphatic rings. The Labute approximate surface area is 90.5 Å². The van der Waals surface area contributed by atoms with Gasteiger partial charge in [0.25, 0.3) is 0 Å². The Hall–Kier alpha value is -0.530. The summed E-state index contributed by atoms with van der Waals surface area (Å²) in [6.45, 7) is 2.24. The van der Waals surface area contributed by atoms with E-state index in [9.17, 15) is 0 Å². The Kier molecular flexibility index (Phi) is 3.09. The average Bonchev–Trinajstić information content (AvgIpc) is 2.18. The highest BCUT2D eigenvalue weighted by Gasteiger charge is 2.20. The second-order valence-corrected chi connectivity index (χ2v) is 4.48. The first-order valence-electron chi connectivity index (χ1n) is 5.28. The third kappa shape index (κ3) is 2.10. The van der Waals surface area contributed by atoms with Crippen LogP contribution < -0.4 is 5.32 Å². The molecule has 76 valence electrons. The van der Waals surface area contributed by atoms with E-state index in [1.54, 1.807) is 0 Å². The Morgan fingerprint density at radius 2 is 2.07 bits per heavy atom. The molecule has 1 aromatic rings. The summed E-state index contributed by atoms with van der Waals surface area (Å²) in [5.41, 5.74) is 1.25. The molecule has 2 atom stereocenters. The van der Waals surface area contributed by atoms with Gasteiger partial charge in [0.2, 0.25) is 0 Å². The molecule has 0 radical (unpaired) electrons. The van der Waals surface area contributed by atoms with Crippen LogP contribution in [0.2, 0.25) is 5.02 Å². The van der Waals surface area contributed by atoms with Gasteiger partial charge in [0.15, 0.2) is 0 Å². The fraction of sp³-hybridized carbons (Fsp3) is 0.500. The first-order chi connectivity index (χ1) is 6.77. The summed E-state index contributed by atoms with van der Waals surface area (Å²) >= 11 is 6.17. The SMILES string of the molecule is CC1CCCC(c2ccccc2Cl)N1. The molecule has 1 fully saturated rings. The largest absolute Gasteiger partial charge is 0.307 e. The zero-order valence-corrected chi connectivity index (χ0v) is 9.22. The smallest absolute Gasteiger partial charge is 0.0453 e. The molecule has 0 aromatic heterocycles. The molecular weight excluding hydrogens is 194 g/mol. The second kappa shape index (κ2) is 4.33. The number of piperidine rings is 1. The summed E-state index contributed by atoms with van der Waals surface area (Å²) in [6, 6.07) is 9.20. The molecule has 0 saturated carbocycles. The Morgan fingerprint density at radius 1 is 1.29 bits per heavy atom. The molecule has 1 aromatic carbocycles. The first kappa shape index (κ1) is 10.0. The number of hydrogen-bond acceptors (Lipinski definition) is 1. The van der Waals surface area contributed by atoms with Gasteiger partial charge >= 0.3 is 0 Å². The van der Waals surface area contributed by atoms with Crippen LogP contribution in [0.4, 0.5) is 0 Å². The van der Waals surface area contributed by atoms with Crippen molar-refractivity contribution in [2.75, 3.05) is 0 Å². The lowest BCUT2D eigenvalue weighted by Crippen LogP contribution is -2.34. The summed E-state index contributed by atoms with van der Waals surface area (Å²) in [7, 11) is 0. The highest BCUT2D eigenvalue weighted by molar-refractivity contribution is 6.31. The van der Waals surface area contributed by atoms with Gasteiger partial charge in [-0.15, -0.1) is 0 Å². The van der Waals surface area contributed by atoms with Gasteiger partial charge in [-0.1, -0.05) is 36.2 Å². The van der Waals surface area contributed by atoms with Crippen molar-refractivity contribution in [3.8, 4) is 0 Å². The van der Waals surface area contributed by atoms with Gasteiger partial charge in [0, 0.05) is 17.1 Å². The molecule has 0 spiro atoms. The van der Waals surface area contributed by atoms with Crippen molar-refractivity contribution in [2.45, 2.75) is 38.3 Å². The first-order valence-corrected chi connectivity index (χ1v) is 5.65. The van der Waals surface area contributed by atoms with Gasteiger partial charge in [-0.3, -0.25) is 0 Å². The van der Waals surface area contributed by atoms with Gasteiger partial charge < -0.3 is 5.32 Å². The van der Waals surface area contributed by atoms with E-state index in [-0.39, 0.29) is 0 Å². The van der Waals surface area contributed by atoms with Crippen molar-refractivity contribution >= 4 is 11.6 Å². The van der Waals surface area contributed by atoms with Crippen LogP contribution in [-0.2, 0) is 0 Å². The topological polar surface area (TPSA) is 12.0 Å². The highest BCUT2D eigenvalue weighted by atomic mass is 35.5. The molecule has 2 rings (SSSR count). The zero-order chi connectivity index (χ0) is 9.97. The van der Waals surface area contributed by atoms with Gasteiger partial charge in [-0.25, -0.2) is 0 Å². The van der Waals surface area contributed by atoms with Gasteiger partial charge in [0.05, 0.1) is 0 Å². The lowest BCUT2D eigenvalue weighted by atomic mass is 9.94. The van der Waals surface area contributed by atoms with Crippen LogP contribution >= 0.6 is 11.6 Å². The monoisotopic (exact) mass is 209 g/mol. The van der Waals surface area contributed by atoms with Crippen molar-refractivity contribution in [3.05, 3.63) is 34.9 Å². The summed E-state index contributed by atoms with van der Waals surface area (Å²) in [5, 5.41) is 4.48. The maximum Gasteiger partial charge on any atom is 0.0453 e. The lowest BCUT2D eigenvalue weighted by molar-refractivity contribution is 0.341. The van der Waals surface area contributed by atoms with E-state index in [0.717, 1.165) is 5.02 Å². The fourth-order valence-corrected chi connectivity index (χ4v) is 2.41. The van der Waals surface area contributed by atoms with Crippen molar-refractivity contribution in [2.24, 2.45) is 0 Å². The van der Waals surface area contributed by atoms with E-state index >= 15 is 0 Å². The predicted octanol–water partition coefficient (Wildman–Crippen LogP) is 3.54. The van der Waals surface area contributed by atoms with Gasteiger partial charge in [-0.05, 0) is 31.4 Å². The average molecular weight is 210 g/mol. The van der Waals surface area contributed by atoms with Crippen molar-refractivity contribution < 1.29 is 0 Å². The van der Waals surface area contributed by atoms with Crippen molar-refractivity contribution in [1.82, 2.24) is 5.32 Å². The van der Waals surface area contributed by atoms with Crippen molar-refractivity contribution in [1.29, 1.82) is 0 Å². The van der Waals surface area contributed by atoms with Crippen LogP contribution in [0.3, 0.4) is 0 Å². The van der Waals surface area contributed by atoms with E-state index < -0.39 is 0 Å². The lowest BCUT2D eigenvalue weighted by Gasteiger charge is -2.29. The van der Waals surface area contributed by atoms with Crippen LogP contribution in [-0.4, -0.2) is 6.04 Å². The van der Waals surface area contributed by atoms with E-state index in [2.05, 4.69) is 24.4 Å². The normalized spacial score (nSPS) is 27.6. The minimum atomic E-state index is 0.451. The fourth-order valence-electron chi connectivity index (χ4n) is 2.14. The van der Waals surface area contributed by atoms with Crippen LogP contribution in [0.15, 0.2) is 24.3 Å². The maximum atomic E-state index is 6.17. The Bertz CT molecular complexity index is 311. The minimum absolute atomic E-state index is 0.451. The zero-order valence-electron chi connectivity index (χ0n) is 8.46. The van der Waals surface area contributed by atoms with E-state index in [1.165, 1.54) is 24.8 Å². The molecule has 0 bridgehead atoms. The molecule has 0 aliphatic carbocycles. The van der Waals surface area contributed by atoms with Crippen LogP contribution in [0, 0.1) is 0 Å². The molecule has 2 heteroatoms. The van der Waals surface area contributed by atoms with E-state index in [4.69, 9.17) is 11.6 Å². The number of nitrogens with one attached hydrogen (secondary N) is 1. The number of halogens is 1. The highest BCUT2D eigenvalue weighted by Crippen LogP contribution is 2.29. The quantitative estimate of drug-likeness (QED) is 0.746. The van der Waals surface area contributed by atoms with Crippen molar-refractivity contribution in [3.63, 3.8) is 0 Å². The van der Waals surface area contributed by atoms with E-state index in [0.29, 0.717) is 12.1 Å². The number of benzene rings is 1. The van der Waals surface area contributed by atoms with Crippen LogP contribution in [0.5, 0.6) is 0 Å². The number of rotatable bonds is 1. The molecule has 0 amide bonds. The molecule has 1 N–H and O–H groups in total. The Balaban J connectivity index is 2.18. The summed E-state index contributed by atoms with van der Waals surface area (Å²) < 4.78 is 0. The molecule has 1 saturated heterocycles. The predicted molar refractivity (Wildman–Crippen MR) is 60.6 cm³/mol. The molecule has 1 aliphatic heterocycles. The molecule has 14 heavy (non-hydrogen) atoms. The second-order valence-electron chi connectivity index (χ2n) is 4.07. The molecule has 1 heterocycles. The molecule has 2 unspecified atom stereocenters. The van der Waals surface area contributed by atoms with Gasteiger partial charge in [-0.2, -0.15) is 0 Å². The third-order valence-electron chi connectivity index (χ3n) is 2.90. The standard InChI is InChI=1S/C12H16ClN/c1-9-5-4-8-12(14-9)10-6-2-3-7-11(10)13/h2-3,6-7,9,12,14H,4-5,8H2,1H3. The summed E-state index contributed by atoms with van der Waals surface area (Å²) in [6.07, 6.45) is 3.78. The molecule has 1 nitrogen and oxygen atoms in total. The minimum Gasteiger partial charge on any atom is -0.307 e. The van der Waals surface area contributed by atoms with Crippen LogP contribution in [0.1, 0.15) is 37.8 Å². The van der Waals surface area contributed by atoms with Gasteiger partial charge in [0.1, 0.15) is 0 Å².